The van der Waals surface area contributed by atoms with E-state index in [-0.39, 0.29) is 0 Å². The lowest BCUT2D eigenvalue weighted by Gasteiger charge is -2.32. The third-order valence-corrected chi connectivity index (χ3v) is 4.50. The molecule has 0 bridgehead atoms. The molecule has 3 nitrogen and oxygen atoms in total. The zero-order valence-electron chi connectivity index (χ0n) is 21.0. The third-order valence-electron chi connectivity index (χ3n) is 4.50. The first kappa shape index (κ1) is 30.4. The summed E-state index contributed by atoms with van der Waals surface area (Å²) in [5.74, 6) is 0. The van der Waals surface area contributed by atoms with Crippen molar-refractivity contribution in [2.45, 2.75) is 80.8 Å². The van der Waals surface area contributed by atoms with E-state index in [2.05, 4.69) is 52.7 Å². The van der Waals surface area contributed by atoms with Crippen molar-refractivity contribution in [1.29, 1.82) is 0 Å². The monoisotopic (exact) mass is 415 g/mol. The summed E-state index contributed by atoms with van der Waals surface area (Å²) >= 11 is 0. The standard InChI is InChI=1S/C21H31N3.3C2H6/c1-3-8-19(21(22)9-4-2)16-23-20-12-14-24(15-13-20)17-18-10-6-5-7-11-18;3*1-2/h3-11,20,23H,12-17,22H2,1-2H3;3*1-2H3/b8-3-,9-4-,21-19-;;;. The number of nitrogens with two attached hydrogens (primary N) is 1. The lowest BCUT2D eigenvalue weighted by atomic mass is 10.0. The fourth-order valence-corrected chi connectivity index (χ4v) is 3.14. The Hall–Kier alpha value is -1.84. The first-order chi connectivity index (χ1) is 14.7. The molecule has 3 heteroatoms. The van der Waals surface area contributed by atoms with Gasteiger partial charge < -0.3 is 11.1 Å². The van der Waals surface area contributed by atoms with Crippen LogP contribution in [0.4, 0.5) is 0 Å². The molecular formula is C27H49N3. The van der Waals surface area contributed by atoms with Gasteiger partial charge >= 0.3 is 0 Å². The molecule has 2 rings (SSSR count). The van der Waals surface area contributed by atoms with Gasteiger partial charge in [0, 0.05) is 24.8 Å². The van der Waals surface area contributed by atoms with Crippen LogP contribution >= 0.6 is 0 Å². The minimum Gasteiger partial charge on any atom is -0.398 e. The Morgan fingerprint density at radius 1 is 0.933 bits per heavy atom. The van der Waals surface area contributed by atoms with E-state index in [9.17, 15) is 0 Å². The molecule has 0 unspecified atom stereocenters. The number of nitrogens with zero attached hydrogens (tertiary/aromatic N) is 1. The van der Waals surface area contributed by atoms with Crippen molar-refractivity contribution in [3.05, 3.63) is 71.5 Å². The highest BCUT2D eigenvalue weighted by Crippen LogP contribution is 2.14. The number of benzene rings is 1. The van der Waals surface area contributed by atoms with E-state index in [1.54, 1.807) is 0 Å². The maximum absolute atomic E-state index is 6.13. The van der Waals surface area contributed by atoms with Crippen molar-refractivity contribution >= 4 is 0 Å². The Labute approximate surface area is 188 Å². The molecule has 172 valence electrons. The molecule has 1 fully saturated rings. The van der Waals surface area contributed by atoms with Gasteiger partial charge in [0.2, 0.25) is 0 Å². The number of allylic oxidation sites excluding steroid dienone is 3. The number of likely N-dealkylation sites (tertiary alicyclic amines) is 1. The van der Waals surface area contributed by atoms with Gasteiger partial charge in [-0.2, -0.15) is 0 Å². The fraction of sp³-hybridized carbons (Fsp3) is 0.556. The van der Waals surface area contributed by atoms with E-state index >= 15 is 0 Å². The Morgan fingerprint density at radius 3 is 1.97 bits per heavy atom. The molecule has 0 spiro atoms. The number of hydrogen-bond acceptors (Lipinski definition) is 3. The average Bonchev–Trinajstić information content (AvgIpc) is 2.82. The molecule has 1 aliphatic rings. The topological polar surface area (TPSA) is 41.3 Å². The summed E-state index contributed by atoms with van der Waals surface area (Å²) < 4.78 is 0. The van der Waals surface area contributed by atoms with Crippen LogP contribution in [0.1, 0.15) is 73.8 Å². The first-order valence-electron chi connectivity index (χ1n) is 12.0. The molecule has 0 aromatic heterocycles. The SMILES string of the molecule is CC.CC.CC.C\C=C/C(N)=C(\C=C/C)CNC1CCN(Cc2ccccc2)CC1. The third kappa shape index (κ3) is 13.4. The second kappa shape index (κ2) is 21.9. The summed E-state index contributed by atoms with van der Waals surface area (Å²) in [5.41, 5.74) is 9.56. The zero-order valence-corrected chi connectivity index (χ0v) is 21.0. The molecule has 1 heterocycles. The normalized spacial score (nSPS) is 15.3. The summed E-state index contributed by atoms with van der Waals surface area (Å²) in [6, 6.07) is 11.3. The molecule has 1 aliphatic heterocycles. The van der Waals surface area contributed by atoms with Crippen LogP contribution in [0.2, 0.25) is 0 Å². The molecule has 0 atom stereocenters. The minimum atomic E-state index is 0.579. The van der Waals surface area contributed by atoms with Gasteiger partial charge in [-0.25, -0.2) is 0 Å². The molecule has 30 heavy (non-hydrogen) atoms. The number of hydrogen-bond donors (Lipinski definition) is 2. The number of nitrogens with one attached hydrogen (secondary N) is 1. The van der Waals surface area contributed by atoms with Gasteiger partial charge in [0.25, 0.3) is 0 Å². The van der Waals surface area contributed by atoms with Crippen molar-refractivity contribution in [2.24, 2.45) is 5.73 Å². The molecule has 3 N–H and O–H groups in total. The van der Waals surface area contributed by atoms with Crippen LogP contribution < -0.4 is 11.1 Å². The zero-order chi connectivity index (χ0) is 23.2. The van der Waals surface area contributed by atoms with E-state index in [0.717, 1.165) is 31.9 Å². The van der Waals surface area contributed by atoms with Crippen molar-refractivity contribution in [2.75, 3.05) is 19.6 Å². The summed E-state index contributed by atoms with van der Waals surface area (Å²) in [4.78, 5) is 2.55. The van der Waals surface area contributed by atoms with Crippen molar-refractivity contribution in [3.8, 4) is 0 Å². The van der Waals surface area contributed by atoms with Gasteiger partial charge in [0.1, 0.15) is 0 Å². The van der Waals surface area contributed by atoms with E-state index in [0.29, 0.717) is 6.04 Å². The molecule has 1 saturated heterocycles. The quantitative estimate of drug-likeness (QED) is 0.488. The van der Waals surface area contributed by atoms with E-state index in [1.807, 2.05) is 67.5 Å². The van der Waals surface area contributed by atoms with Gasteiger partial charge in [-0.05, 0) is 57.0 Å². The van der Waals surface area contributed by atoms with Crippen LogP contribution in [-0.4, -0.2) is 30.6 Å². The molecule has 1 aromatic carbocycles. The molecule has 0 saturated carbocycles. The lowest BCUT2D eigenvalue weighted by molar-refractivity contribution is 0.192. The maximum Gasteiger partial charge on any atom is 0.0356 e. The van der Waals surface area contributed by atoms with E-state index < -0.39 is 0 Å². The van der Waals surface area contributed by atoms with Crippen LogP contribution in [-0.2, 0) is 6.54 Å². The highest BCUT2D eigenvalue weighted by molar-refractivity contribution is 5.32. The van der Waals surface area contributed by atoms with E-state index in [1.165, 1.54) is 24.0 Å². The van der Waals surface area contributed by atoms with Crippen LogP contribution in [0.3, 0.4) is 0 Å². The van der Waals surface area contributed by atoms with Crippen LogP contribution in [0, 0.1) is 0 Å². The molecule has 1 aromatic rings. The van der Waals surface area contributed by atoms with Crippen molar-refractivity contribution in [1.82, 2.24) is 10.2 Å². The van der Waals surface area contributed by atoms with Gasteiger partial charge in [-0.3, -0.25) is 4.90 Å². The number of piperidine rings is 1. The summed E-state index contributed by atoms with van der Waals surface area (Å²) in [7, 11) is 0. The van der Waals surface area contributed by atoms with Gasteiger partial charge in [-0.15, -0.1) is 0 Å². The Balaban J connectivity index is 0. The Bertz CT molecular complexity index is 565. The van der Waals surface area contributed by atoms with Crippen LogP contribution in [0.25, 0.3) is 0 Å². The maximum atomic E-state index is 6.13. The van der Waals surface area contributed by atoms with E-state index in [4.69, 9.17) is 5.73 Å². The Kier molecular flexibility index (Phi) is 22.1. The van der Waals surface area contributed by atoms with Crippen molar-refractivity contribution < 1.29 is 0 Å². The smallest absolute Gasteiger partial charge is 0.0356 e. The summed E-state index contributed by atoms with van der Waals surface area (Å²) in [6.07, 6.45) is 10.5. The Morgan fingerprint density at radius 2 is 1.47 bits per heavy atom. The first-order valence-corrected chi connectivity index (χ1v) is 12.0. The molecule has 0 amide bonds. The van der Waals surface area contributed by atoms with Gasteiger partial charge in [0.15, 0.2) is 0 Å². The predicted molar refractivity (Wildman–Crippen MR) is 138 cm³/mol. The second-order valence-electron chi connectivity index (χ2n) is 6.40. The number of rotatable bonds is 7. The summed E-state index contributed by atoms with van der Waals surface area (Å²) in [5, 5.41) is 3.68. The lowest BCUT2D eigenvalue weighted by Crippen LogP contribution is -2.42. The van der Waals surface area contributed by atoms with Gasteiger partial charge in [0.05, 0.1) is 0 Å². The average molecular weight is 416 g/mol. The van der Waals surface area contributed by atoms with Crippen LogP contribution in [0.15, 0.2) is 65.9 Å². The summed E-state index contributed by atoms with van der Waals surface area (Å²) in [6.45, 7) is 20.2. The second-order valence-corrected chi connectivity index (χ2v) is 6.40. The minimum absolute atomic E-state index is 0.579. The highest BCUT2D eigenvalue weighted by atomic mass is 15.1. The largest absolute Gasteiger partial charge is 0.398 e. The molecule has 0 aliphatic carbocycles. The van der Waals surface area contributed by atoms with Crippen molar-refractivity contribution in [3.63, 3.8) is 0 Å². The highest BCUT2D eigenvalue weighted by Gasteiger charge is 2.18. The predicted octanol–water partition coefficient (Wildman–Crippen LogP) is 6.68. The molecular weight excluding hydrogens is 366 g/mol. The van der Waals surface area contributed by atoms with Crippen LogP contribution in [0.5, 0.6) is 0 Å². The molecule has 0 radical (unpaired) electrons. The van der Waals surface area contributed by atoms with Gasteiger partial charge in [-0.1, -0.05) is 90.1 Å². The fourth-order valence-electron chi connectivity index (χ4n) is 3.14.